The number of ether oxygens (including phenoxy) is 3. The van der Waals surface area contributed by atoms with E-state index in [1.54, 1.807) is 0 Å². The second kappa shape index (κ2) is 9.27. The Morgan fingerprint density at radius 3 is 2.38 bits per heavy atom. The molecule has 1 aromatic heterocycles. The molecule has 1 aromatic rings. The summed E-state index contributed by atoms with van der Waals surface area (Å²) in [6.07, 6.45) is 4.20. The molecule has 4 N–H and O–H groups in total. The lowest BCUT2D eigenvalue weighted by molar-refractivity contribution is -0.196. The molecular weight excluding hydrogens is 464 g/mol. The van der Waals surface area contributed by atoms with Crippen LogP contribution in [0.4, 0.5) is 5.00 Å². The summed E-state index contributed by atoms with van der Waals surface area (Å²) in [5.74, 6) is -1.97. The quantitative estimate of drug-likeness (QED) is 0.347. The maximum atomic E-state index is 13.0. The zero-order valence-corrected chi connectivity index (χ0v) is 20.1. The number of nitrogens with one attached hydrogen (secondary N) is 1. The van der Waals surface area contributed by atoms with Crippen LogP contribution in [0.25, 0.3) is 0 Å². The summed E-state index contributed by atoms with van der Waals surface area (Å²) in [5, 5.41) is 13.5. The number of hydrogen-bond acceptors (Lipinski definition) is 9. The maximum absolute atomic E-state index is 13.0. The molecule has 0 aliphatic heterocycles. The van der Waals surface area contributed by atoms with Crippen molar-refractivity contribution >= 4 is 40.1 Å². The molecule has 4 aliphatic carbocycles. The molecule has 34 heavy (non-hydrogen) atoms. The summed E-state index contributed by atoms with van der Waals surface area (Å²) in [4.78, 5) is 50.1. The number of amides is 2. The molecule has 0 saturated heterocycles. The first kappa shape index (κ1) is 24.6. The maximum Gasteiger partial charge on any atom is 0.341 e. The average Bonchev–Trinajstić information content (AvgIpc) is 3.06. The van der Waals surface area contributed by atoms with Crippen LogP contribution in [0.15, 0.2) is 0 Å². The Hall–Kier alpha value is -2.50. The van der Waals surface area contributed by atoms with Gasteiger partial charge in [-0.25, -0.2) is 4.79 Å². The van der Waals surface area contributed by atoms with Gasteiger partial charge < -0.3 is 30.4 Å². The van der Waals surface area contributed by atoms with Gasteiger partial charge in [0, 0.05) is 7.11 Å². The molecule has 10 nitrogen and oxygen atoms in total. The molecule has 5 rings (SSSR count). The minimum absolute atomic E-state index is 0.00204. The minimum Gasteiger partial charge on any atom is -0.460 e. The molecule has 4 bridgehead atoms. The van der Waals surface area contributed by atoms with Crippen LogP contribution in [0.2, 0.25) is 0 Å². The van der Waals surface area contributed by atoms with Crippen LogP contribution in [-0.2, 0) is 23.8 Å². The highest BCUT2D eigenvalue weighted by Crippen LogP contribution is 2.62. The molecule has 186 valence electrons. The first-order chi connectivity index (χ1) is 16.1. The Bertz CT molecular complexity index is 1000. The highest BCUT2D eigenvalue weighted by atomic mass is 32.1. The molecule has 4 aliphatic rings. The Balaban J connectivity index is 1.42. The van der Waals surface area contributed by atoms with Gasteiger partial charge in [0.05, 0.1) is 28.1 Å². The van der Waals surface area contributed by atoms with Gasteiger partial charge in [0.15, 0.2) is 6.61 Å². The fraction of sp³-hybridized carbons (Fsp3) is 0.652. The molecule has 0 aromatic carbocycles. The fourth-order valence-corrected chi connectivity index (χ4v) is 7.34. The monoisotopic (exact) mass is 494 g/mol. The smallest absolute Gasteiger partial charge is 0.341 e. The van der Waals surface area contributed by atoms with Crippen molar-refractivity contribution < 1.29 is 38.5 Å². The Labute approximate surface area is 201 Å². The van der Waals surface area contributed by atoms with E-state index in [0.717, 1.165) is 30.6 Å². The van der Waals surface area contributed by atoms with Crippen LogP contribution in [0.3, 0.4) is 0 Å². The van der Waals surface area contributed by atoms with Gasteiger partial charge in [-0.3, -0.25) is 14.4 Å². The second-order valence-electron chi connectivity index (χ2n) is 9.84. The molecule has 0 unspecified atom stereocenters. The standard InChI is InChI=1S/C23H30N2O8S/c1-12-16(20(28)32-4-3-31-2)19(34-17(12)18(24)27)25-15(26)10-33-21(29)22-6-13-5-14(7-22)9-23(30,8-13)11-22/h13-14,30H,3-11H2,1-2H3,(H2,24,27)(H,25,26)/t13-,14-,22?,23?/m1/s1. The number of thiophene rings is 1. The lowest BCUT2D eigenvalue weighted by atomic mass is 9.48. The summed E-state index contributed by atoms with van der Waals surface area (Å²) < 4.78 is 15.4. The number of carbonyl (C=O) groups is 4. The van der Waals surface area contributed by atoms with Crippen molar-refractivity contribution in [2.75, 3.05) is 32.2 Å². The molecule has 4 fully saturated rings. The molecule has 2 atom stereocenters. The van der Waals surface area contributed by atoms with E-state index in [9.17, 15) is 24.3 Å². The Morgan fingerprint density at radius 1 is 1.12 bits per heavy atom. The Kier molecular flexibility index (Phi) is 6.71. The van der Waals surface area contributed by atoms with Crippen LogP contribution < -0.4 is 11.1 Å². The van der Waals surface area contributed by atoms with E-state index in [1.165, 1.54) is 14.0 Å². The van der Waals surface area contributed by atoms with Crippen molar-refractivity contribution in [2.24, 2.45) is 23.0 Å². The number of hydrogen-bond donors (Lipinski definition) is 3. The van der Waals surface area contributed by atoms with Crippen molar-refractivity contribution in [2.45, 2.75) is 51.0 Å². The molecule has 0 spiro atoms. The summed E-state index contributed by atoms with van der Waals surface area (Å²) in [6.45, 7) is 1.18. The highest BCUT2D eigenvalue weighted by Gasteiger charge is 2.60. The van der Waals surface area contributed by atoms with Crippen molar-refractivity contribution in [3.63, 3.8) is 0 Å². The highest BCUT2D eigenvalue weighted by molar-refractivity contribution is 7.18. The van der Waals surface area contributed by atoms with Crippen LogP contribution in [0.5, 0.6) is 0 Å². The first-order valence-electron chi connectivity index (χ1n) is 11.3. The number of nitrogens with two attached hydrogens (primary N) is 1. The van der Waals surface area contributed by atoms with Crippen molar-refractivity contribution in [3.05, 3.63) is 16.0 Å². The van der Waals surface area contributed by atoms with E-state index >= 15 is 0 Å². The van der Waals surface area contributed by atoms with Gasteiger partial charge in [-0.1, -0.05) is 0 Å². The fourth-order valence-electron chi connectivity index (χ4n) is 6.27. The molecule has 11 heteroatoms. The van der Waals surface area contributed by atoms with Gasteiger partial charge in [0.25, 0.3) is 11.8 Å². The van der Waals surface area contributed by atoms with Crippen LogP contribution in [0, 0.1) is 24.2 Å². The molecule has 0 radical (unpaired) electrons. The van der Waals surface area contributed by atoms with Gasteiger partial charge in [-0.2, -0.15) is 0 Å². The molecule has 1 heterocycles. The van der Waals surface area contributed by atoms with Crippen LogP contribution >= 0.6 is 11.3 Å². The number of carbonyl (C=O) groups excluding carboxylic acids is 4. The molecular formula is C23H30N2O8S. The predicted molar refractivity (Wildman–Crippen MR) is 121 cm³/mol. The van der Waals surface area contributed by atoms with Crippen molar-refractivity contribution in [3.8, 4) is 0 Å². The predicted octanol–water partition coefficient (Wildman–Crippen LogP) is 1.77. The molecule has 4 saturated carbocycles. The Morgan fingerprint density at radius 2 is 1.79 bits per heavy atom. The number of aliphatic hydroxyl groups is 1. The third-order valence-electron chi connectivity index (χ3n) is 7.15. The lowest BCUT2D eigenvalue weighted by Gasteiger charge is -2.58. The second-order valence-corrected chi connectivity index (χ2v) is 10.9. The van der Waals surface area contributed by atoms with E-state index in [-0.39, 0.29) is 28.7 Å². The number of methoxy groups -OCH3 is 1. The van der Waals surface area contributed by atoms with Gasteiger partial charge in [0.1, 0.15) is 11.6 Å². The third kappa shape index (κ3) is 4.69. The normalized spacial score (nSPS) is 29.0. The SMILES string of the molecule is COCCOC(=O)c1c(NC(=O)COC(=O)C23C[C@H]4C[C@@H](CC(O)(C4)C2)C3)sc(C(N)=O)c1C. The first-order valence-corrected chi connectivity index (χ1v) is 12.2. The van der Waals surface area contributed by atoms with E-state index in [2.05, 4.69) is 5.32 Å². The van der Waals surface area contributed by atoms with Crippen molar-refractivity contribution in [1.29, 1.82) is 0 Å². The average molecular weight is 495 g/mol. The number of primary amides is 1. The largest absolute Gasteiger partial charge is 0.460 e. The van der Waals surface area contributed by atoms with Gasteiger partial charge >= 0.3 is 11.9 Å². The van der Waals surface area contributed by atoms with Crippen LogP contribution in [-0.4, -0.2) is 61.4 Å². The minimum atomic E-state index is -0.816. The molecule has 2 amide bonds. The number of rotatable bonds is 9. The van der Waals surface area contributed by atoms with Gasteiger partial charge in [-0.15, -0.1) is 11.3 Å². The third-order valence-corrected chi connectivity index (χ3v) is 8.37. The summed E-state index contributed by atoms with van der Waals surface area (Å²) in [5.41, 5.74) is 4.17. The summed E-state index contributed by atoms with van der Waals surface area (Å²) in [7, 11) is 1.46. The van der Waals surface area contributed by atoms with E-state index in [4.69, 9.17) is 19.9 Å². The number of esters is 2. The topological polar surface area (TPSA) is 154 Å². The van der Waals surface area contributed by atoms with Crippen LogP contribution in [0.1, 0.15) is 64.1 Å². The van der Waals surface area contributed by atoms with Crippen molar-refractivity contribution in [1.82, 2.24) is 0 Å². The van der Waals surface area contributed by atoms with E-state index < -0.39 is 41.4 Å². The van der Waals surface area contributed by atoms with E-state index in [0.29, 0.717) is 36.7 Å². The lowest BCUT2D eigenvalue weighted by Crippen LogP contribution is -2.58. The number of anilines is 1. The van der Waals surface area contributed by atoms with E-state index in [1.807, 2.05) is 0 Å². The summed E-state index contributed by atoms with van der Waals surface area (Å²) in [6, 6.07) is 0. The van der Waals surface area contributed by atoms with Gasteiger partial charge in [0.2, 0.25) is 0 Å². The summed E-state index contributed by atoms with van der Waals surface area (Å²) >= 11 is 0.859. The zero-order chi connectivity index (χ0) is 24.7. The van der Waals surface area contributed by atoms with Gasteiger partial charge in [-0.05, 0) is 62.8 Å². The zero-order valence-electron chi connectivity index (χ0n) is 19.3.